The minimum atomic E-state index is 0.536. The summed E-state index contributed by atoms with van der Waals surface area (Å²) in [6.07, 6.45) is 2.93. The Labute approximate surface area is 108 Å². The van der Waals surface area contributed by atoms with Gasteiger partial charge in [0.1, 0.15) is 17.5 Å². The van der Waals surface area contributed by atoms with Crippen LogP contribution >= 0.6 is 0 Å². The summed E-state index contributed by atoms with van der Waals surface area (Å²) in [5, 5.41) is 11.9. The van der Waals surface area contributed by atoms with Gasteiger partial charge in [0.2, 0.25) is 0 Å². The first-order valence-electron chi connectivity index (χ1n) is 6.34. The lowest BCUT2D eigenvalue weighted by molar-refractivity contribution is 0.767. The van der Waals surface area contributed by atoms with E-state index in [9.17, 15) is 0 Å². The molecule has 0 unspecified atom stereocenters. The second-order valence-electron chi connectivity index (χ2n) is 4.65. The molecule has 1 N–H and O–H groups in total. The lowest BCUT2D eigenvalue weighted by atomic mass is 10.2. The van der Waals surface area contributed by atoms with Crippen molar-refractivity contribution in [1.29, 1.82) is 5.26 Å². The normalized spacial score (nSPS) is 14.1. The van der Waals surface area contributed by atoms with Gasteiger partial charge in [0, 0.05) is 25.2 Å². The first-order chi connectivity index (χ1) is 8.67. The number of aryl methyl sites for hydroxylation is 1. The summed E-state index contributed by atoms with van der Waals surface area (Å²) >= 11 is 0. The van der Waals surface area contributed by atoms with Crippen molar-refractivity contribution < 1.29 is 0 Å². The van der Waals surface area contributed by atoms with Crippen LogP contribution in [0.5, 0.6) is 0 Å². The number of anilines is 2. The van der Waals surface area contributed by atoms with Gasteiger partial charge in [0.15, 0.2) is 0 Å². The second kappa shape index (κ2) is 5.21. The number of rotatable bonds is 5. The van der Waals surface area contributed by atoms with Crippen LogP contribution in [0, 0.1) is 25.2 Å². The van der Waals surface area contributed by atoms with Crippen LogP contribution in [0.2, 0.25) is 0 Å². The van der Waals surface area contributed by atoms with E-state index in [-0.39, 0.29) is 0 Å². The first kappa shape index (κ1) is 12.6. The van der Waals surface area contributed by atoms with Crippen LogP contribution < -0.4 is 10.2 Å². The van der Waals surface area contributed by atoms with Crippen molar-refractivity contribution in [1.82, 2.24) is 9.97 Å². The highest BCUT2D eigenvalue weighted by Gasteiger charge is 2.31. The highest BCUT2D eigenvalue weighted by molar-refractivity contribution is 5.59. The molecule has 2 rings (SSSR count). The zero-order chi connectivity index (χ0) is 13.1. The quantitative estimate of drug-likeness (QED) is 0.859. The zero-order valence-electron chi connectivity index (χ0n) is 11.2. The summed E-state index contributed by atoms with van der Waals surface area (Å²) in [5.41, 5.74) is 1.06. The van der Waals surface area contributed by atoms with Gasteiger partial charge in [-0.05, 0) is 26.7 Å². The molecule has 0 spiro atoms. The van der Waals surface area contributed by atoms with Gasteiger partial charge in [-0.25, -0.2) is 9.97 Å². The molecule has 1 aromatic heterocycles. The third-order valence-corrected chi connectivity index (χ3v) is 3.19. The van der Waals surface area contributed by atoms with Crippen molar-refractivity contribution in [2.45, 2.75) is 39.2 Å². The molecule has 5 nitrogen and oxygen atoms in total. The average Bonchev–Trinajstić information content (AvgIpc) is 3.17. The fraction of sp³-hybridized carbons (Fsp3) is 0.615. The van der Waals surface area contributed by atoms with Crippen molar-refractivity contribution in [3.63, 3.8) is 0 Å². The van der Waals surface area contributed by atoms with E-state index in [4.69, 9.17) is 5.26 Å². The maximum atomic E-state index is 8.77. The molecule has 0 aliphatic heterocycles. The van der Waals surface area contributed by atoms with Crippen LogP contribution in [0.1, 0.15) is 30.7 Å². The van der Waals surface area contributed by atoms with Crippen LogP contribution in [-0.4, -0.2) is 29.6 Å². The van der Waals surface area contributed by atoms with Crippen molar-refractivity contribution in [2.24, 2.45) is 0 Å². The van der Waals surface area contributed by atoms with E-state index in [0.717, 1.165) is 29.6 Å². The number of nitrogens with one attached hydrogen (secondary N) is 1. The van der Waals surface area contributed by atoms with E-state index in [0.29, 0.717) is 12.5 Å². The molecule has 1 fully saturated rings. The molecule has 1 aliphatic carbocycles. The van der Waals surface area contributed by atoms with Crippen molar-refractivity contribution in [2.75, 3.05) is 23.8 Å². The zero-order valence-corrected chi connectivity index (χ0v) is 11.2. The molecule has 0 saturated heterocycles. The number of nitrogens with zero attached hydrogens (tertiary/aromatic N) is 4. The van der Waals surface area contributed by atoms with Crippen LogP contribution in [-0.2, 0) is 0 Å². The number of hydrogen-bond donors (Lipinski definition) is 1. The smallest absolute Gasteiger partial charge is 0.137 e. The Kier molecular flexibility index (Phi) is 3.66. The Morgan fingerprint density at radius 2 is 2.11 bits per heavy atom. The summed E-state index contributed by atoms with van der Waals surface area (Å²) in [7, 11) is 1.87. The monoisotopic (exact) mass is 245 g/mol. The molecule has 0 amide bonds. The van der Waals surface area contributed by atoms with Gasteiger partial charge in [-0.2, -0.15) is 5.26 Å². The van der Waals surface area contributed by atoms with E-state index in [1.165, 1.54) is 12.8 Å². The van der Waals surface area contributed by atoms with E-state index in [2.05, 4.69) is 26.3 Å². The van der Waals surface area contributed by atoms with Crippen LogP contribution in [0.3, 0.4) is 0 Å². The summed E-state index contributed by atoms with van der Waals surface area (Å²) in [4.78, 5) is 11.2. The van der Waals surface area contributed by atoms with Gasteiger partial charge >= 0.3 is 0 Å². The van der Waals surface area contributed by atoms with E-state index >= 15 is 0 Å². The topological polar surface area (TPSA) is 64.8 Å². The lowest BCUT2D eigenvalue weighted by Gasteiger charge is -2.25. The minimum Gasteiger partial charge on any atom is -0.373 e. The Morgan fingerprint density at radius 3 is 2.67 bits per heavy atom. The summed E-state index contributed by atoms with van der Waals surface area (Å²) in [6.45, 7) is 4.68. The fourth-order valence-corrected chi connectivity index (χ4v) is 2.15. The predicted octanol–water partition coefficient (Wildman–Crippen LogP) is 2.02. The van der Waals surface area contributed by atoms with Crippen molar-refractivity contribution in [3.8, 4) is 6.07 Å². The molecule has 18 heavy (non-hydrogen) atoms. The molecular formula is C13H19N5. The van der Waals surface area contributed by atoms with Gasteiger partial charge in [0.05, 0.1) is 12.5 Å². The minimum absolute atomic E-state index is 0.536. The largest absolute Gasteiger partial charge is 0.373 e. The summed E-state index contributed by atoms with van der Waals surface area (Å²) < 4.78 is 0. The highest BCUT2D eigenvalue weighted by atomic mass is 15.2. The molecule has 0 radical (unpaired) electrons. The number of hydrogen-bond acceptors (Lipinski definition) is 5. The summed E-state index contributed by atoms with van der Waals surface area (Å²) in [6, 6.07) is 2.76. The summed E-state index contributed by atoms with van der Waals surface area (Å²) in [5.74, 6) is 2.62. The van der Waals surface area contributed by atoms with Gasteiger partial charge in [-0.3, -0.25) is 0 Å². The first-order valence-corrected chi connectivity index (χ1v) is 6.34. The SMILES string of the molecule is CNc1nc(C)nc(N(CCC#N)C2CC2)c1C. The number of nitriles is 1. The Balaban J connectivity index is 2.34. The Bertz CT molecular complexity index is 473. The molecule has 0 atom stereocenters. The van der Waals surface area contributed by atoms with Gasteiger partial charge < -0.3 is 10.2 Å². The number of aromatic nitrogens is 2. The van der Waals surface area contributed by atoms with Gasteiger partial charge in [0.25, 0.3) is 0 Å². The molecule has 5 heteroatoms. The standard InChI is InChI=1S/C13H19N5/c1-9-12(15-3)16-10(2)17-13(9)18(8-4-7-14)11-5-6-11/h11H,4-6,8H2,1-3H3,(H,15,16,17). The Morgan fingerprint density at radius 1 is 1.39 bits per heavy atom. The lowest BCUT2D eigenvalue weighted by Crippen LogP contribution is -2.29. The third-order valence-electron chi connectivity index (χ3n) is 3.19. The van der Waals surface area contributed by atoms with Crippen molar-refractivity contribution in [3.05, 3.63) is 11.4 Å². The molecule has 1 saturated carbocycles. The predicted molar refractivity (Wildman–Crippen MR) is 71.7 cm³/mol. The van der Waals surface area contributed by atoms with Crippen LogP contribution in [0.25, 0.3) is 0 Å². The molecule has 1 heterocycles. The second-order valence-corrected chi connectivity index (χ2v) is 4.65. The molecular weight excluding hydrogens is 226 g/mol. The average molecular weight is 245 g/mol. The molecule has 1 aromatic rings. The highest BCUT2D eigenvalue weighted by Crippen LogP contribution is 2.34. The molecule has 1 aliphatic rings. The van der Waals surface area contributed by atoms with E-state index in [1.807, 2.05) is 20.9 Å². The molecule has 0 bridgehead atoms. The van der Waals surface area contributed by atoms with Crippen molar-refractivity contribution >= 4 is 11.6 Å². The van der Waals surface area contributed by atoms with Gasteiger partial charge in [-0.1, -0.05) is 0 Å². The molecule has 96 valence electrons. The molecule has 0 aromatic carbocycles. The van der Waals surface area contributed by atoms with Crippen LogP contribution in [0.15, 0.2) is 0 Å². The van der Waals surface area contributed by atoms with Gasteiger partial charge in [-0.15, -0.1) is 0 Å². The third kappa shape index (κ3) is 2.53. The van der Waals surface area contributed by atoms with E-state index in [1.54, 1.807) is 0 Å². The maximum absolute atomic E-state index is 8.77. The maximum Gasteiger partial charge on any atom is 0.137 e. The van der Waals surface area contributed by atoms with Crippen LogP contribution in [0.4, 0.5) is 11.6 Å². The Hall–Kier alpha value is -1.83. The fourth-order valence-electron chi connectivity index (χ4n) is 2.15. The van der Waals surface area contributed by atoms with E-state index < -0.39 is 0 Å².